The lowest BCUT2D eigenvalue weighted by atomic mass is 9.98. The lowest BCUT2D eigenvalue weighted by Crippen LogP contribution is -2.52. The van der Waals surface area contributed by atoms with Gasteiger partial charge in [0.1, 0.15) is 0 Å². The summed E-state index contributed by atoms with van der Waals surface area (Å²) in [5.41, 5.74) is 2.81. The minimum absolute atomic E-state index is 0.0725. The number of ketones is 1. The van der Waals surface area contributed by atoms with Crippen LogP contribution in [0.15, 0.2) is 36.9 Å². The highest BCUT2D eigenvalue weighted by molar-refractivity contribution is 6.00. The molecule has 0 unspecified atom stereocenters. The highest BCUT2D eigenvalue weighted by Gasteiger charge is 2.49. The summed E-state index contributed by atoms with van der Waals surface area (Å²) < 4.78 is 0. The molecule has 9 nitrogen and oxygen atoms in total. The fourth-order valence-corrected chi connectivity index (χ4v) is 4.60. The average molecular weight is 465 g/mol. The number of likely N-dealkylation sites (N-methyl/N-ethyl adjacent to an activating group) is 1. The van der Waals surface area contributed by atoms with E-state index in [0.717, 1.165) is 36.3 Å². The number of urea groups is 1. The van der Waals surface area contributed by atoms with Gasteiger partial charge in [0.25, 0.3) is 0 Å². The highest BCUT2D eigenvalue weighted by Crippen LogP contribution is 2.41. The molecule has 1 aliphatic heterocycles. The third-order valence-corrected chi connectivity index (χ3v) is 6.61. The number of aromatic nitrogens is 2. The Labute approximate surface area is 199 Å². The van der Waals surface area contributed by atoms with Crippen LogP contribution in [0.3, 0.4) is 0 Å². The first-order chi connectivity index (χ1) is 16.0. The lowest BCUT2D eigenvalue weighted by molar-refractivity contribution is -0.111. The van der Waals surface area contributed by atoms with E-state index in [0.29, 0.717) is 17.8 Å². The smallest absolute Gasteiger partial charge is 0.318 e. The first kappa shape index (κ1) is 23.7. The van der Waals surface area contributed by atoms with Gasteiger partial charge in [0.05, 0.1) is 29.7 Å². The molecule has 1 aromatic carbocycles. The van der Waals surface area contributed by atoms with Crippen LogP contribution >= 0.6 is 0 Å². The molecule has 1 saturated carbocycles. The van der Waals surface area contributed by atoms with Crippen LogP contribution in [0, 0.1) is 0 Å². The van der Waals surface area contributed by atoms with E-state index in [2.05, 4.69) is 32.3 Å². The number of aromatic amines is 1. The Hall–Kier alpha value is -3.46. The molecular formula is C25H32N6O3. The van der Waals surface area contributed by atoms with Gasteiger partial charge >= 0.3 is 6.03 Å². The molecule has 34 heavy (non-hydrogen) atoms. The molecule has 2 aromatic rings. The SMILES string of the molecule is C=CC(=O)Nc1ccc(C(=O)Cc2[nH]nc3c2CN(C(=O)NC2(CN(C)C)CC2)C3(C)C)cc1. The number of nitrogens with zero attached hydrogens (tertiary/aromatic N) is 3. The van der Waals surface area contributed by atoms with Crippen LogP contribution in [-0.2, 0) is 23.3 Å². The van der Waals surface area contributed by atoms with Crippen molar-refractivity contribution in [1.82, 2.24) is 25.3 Å². The molecule has 180 valence electrons. The maximum atomic E-state index is 13.2. The van der Waals surface area contributed by atoms with E-state index in [1.54, 1.807) is 29.2 Å². The number of anilines is 1. The van der Waals surface area contributed by atoms with Gasteiger partial charge < -0.3 is 20.4 Å². The van der Waals surface area contributed by atoms with E-state index >= 15 is 0 Å². The molecule has 1 aromatic heterocycles. The minimum atomic E-state index is -0.587. The van der Waals surface area contributed by atoms with Crippen LogP contribution < -0.4 is 10.6 Å². The number of hydrogen-bond acceptors (Lipinski definition) is 5. The third kappa shape index (κ3) is 4.61. The second-order valence-corrected chi connectivity index (χ2v) is 9.99. The predicted octanol–water partition coefficient (Wildman–Crippen LogP) is 2.81. The van der Waals surface area contributed by atoms with Crippen molar-refractivity contribution in [3.63, 3.8) is 0 Å². The normalized spacial score (nSPS) is 17.3. The number of rotatable bonds is 8. The molecule has 1 fully saturated rings. The van der Waals surface area contributed by atoms with Gasteiger partial charge in [-0.15, -0.1) is 0 Å². The average Bonchev–Trinajstić information content (AvgIpc) is 3.29. The first-order valence-electron chi connectivity index (χ1n) is 11.4. The summed E-state index contributed by atoms with van der Waals surface area (Å²) in [6, 6.07) is 6.63. The fraction of sp³-hybridized carbons (Fsp3) is 0.440. The molecule has 2 aliphatic rings. The molecule has 0 bridgehead atoms. The zero-order valence-corrected chi connectivity index (χ0v) is 20.2. The Morgan fingerprint density at radius 2 is 1.88 bits per heavy atom. The third-order valence-electron chi connectivity index (χ3n) is 6.61. The van der Waals surface area contributed by atoms with Crippen LogP contribution in [0.2, 0.25) is 0 Å². The van der Waals surface area contributed by atoms with Crippen LogP contribution in [0.4, 0.5) is 10.5 Å². The van der Waals surface area contributed by atoms with Gasteiger partial charge in [-0.2, -0.15) is 5.10 Å². The number of H-pyrrole nitrogens is 1. The highest BCUT2D eigenvalue weighted by atomic mass is 16.2. The maximum absolute atomic E-state index is 13.2. The summed E-state index contributed by atoms with van der Waals surface area (Å²) in [4.78, 5) is 41.5. The van der Waals surface area contributed by atoms with Gasteiger partial charge in [0.2, 0.25) is 5.91 Å². The molecule has 9 heteroatoms. The van der Waals surface area contributed by atoms with Gasteiger partial charge in [0, 0.05) is 29.1 Å². The van der Waals surface area contributed by atoms with Crippen molar-refractivity contribution in [1.29, 1.82) is 0 Å². The summed E-state index contributed by atoms with van der Waals surface area (Å²) in [7, 11) is 4.02. The van der Waals surface area contributed by atoms with Gasteiger partial charge in [0.15, 0.2) is 5.78 Å². The van der Waals surface area contributed by atoms with E-state index in [1.165, 1.54) is 6.08 Å². The summed E-state index contributed by atoms with van der Waals surface area (Å²) in [6.45, 7) is 8.60. The Morgan fingerprint density at radius 1 is 1.21 bits per heavy atom. The largest absolute Gasteiger partial charge is 0.331 e. The monoisotopic (exact) mass is 464 g/mol. The first-order valence-corrected chi connectivity index (χ1v) is 11.4. The van der Waals surface area contributed by atoms with E-state index < -0.39 is 5.54 Å². The number of fused-ring (bicyclic) bond motifs is 1. The molecule has 1 aliphatic carbocycles. The fourth-order valence-electron chi connectivity index (χ4n) is 4.60. The molecule has 0 radical (unpaired) electrons. The molecule has 0 atom stereocenters. The molecular weight excluding hydrogens is 432 g/mol. The predicted molar refractivity (Wildman–Crippen MR) is 130 cm³/mol. The van der Waals surface area contributed by atoms with Crippen molar-refractivity contribution in [3.05, 3.63) is 59.4 Å². The Kier molecular flexibility index (Phi) is 6.07. The van der Waals surface area contributed by atoms with Crippen molar-refractivity contribution in [2.45, 2.75) is 50.7 Å². The standard InChI is InChI=1S/C25H32N6O3/c1-6-21(33)26-17-9-7-16(8-10-17)20(32)13-19-18-14-31(24(2,3)22(18)29-28-19)23(34)27-25(11-12-25)15-30(4)5/h6-10H,1,11-15H2,2-5H3,(H,26,33)(H,27,34)(H,28,29). The van der Waals surface area contributed by atoms with Crippen molar-refractivity contribution < 1.29 is 14.4 Å². The van der Waals surface area contributed by atoms with Crippen LogP contribution in [0.5, 0.6) is 0 Å². The zero-order chi connectivity index (χ0) is 24.7. The Balaban J connectivity index is 1.45. The summed E-state index contributed by atoms with van der Waals surface area (Å²) >= 11 is 0. The Morgan fingerprint density at radius 3 is 2.47 bits per heavy atom. The summed E-state index contributed by atoms with van der Waals surface area (Å²) in [6.07, 6.45) is 3.30. The second-order valence-electron chi connectivity index (χ2n) is 9.99. The Bertz CT molecular complexity index is 1130. The maximum Gasteiger partial charge on any atom is 0.318 e. The number of hydrogen-bond donors (Lipinski definition) is 3. The summed E-state index contributed by atoms with van der Waals surface area (Å²) in [5, 5.41) is 13.4. The van der Waals surface area contributed by atoms with Crippen molar-refractivity contribution in [3.8, 4) is 0 Å². The number of carbonyl (C=O) groups excluding carboxylic acids is 3. The van der Waals surface area contributed by atoms with Gasteiger partial charge in [-0.1, -0.05) is 6.58 Å². The van der Waals surface area contributed by atoms with E-state index in [4.69, 9.17) is 0 Å². The molecule has 0 spiro atoms. The quantitative estimate of drug-likeness (QED) is 0.411. The second kappa shape index (κ2) is 8.72. The van der Waals surface area contributed by atoms with Crippen LogP contribution in [0.25, 0.3) is 0 Å². The number of carbonyl (C=O) groups is 3. The number of nitrogens with one attached hydrogen (secondary N) is 3. The molecule has 2 heterocycles. The van der Waals surface area contributed by atoms with Crippen molar-refractivity contribution >= 4 is 23.4 Å². The molecule has 0 saturated heterocycles. The van der Waals surface area contributed by atoms with Crippen LogP contribution in [-0.4, -0.2) is 63.9 Å². The van der Waals surface area contributed by atoms with E-state index in [-0.39, 0.29) is 29.7 Å². The summed E-state index contributed by atoms with van der Waals surface area (Å²) in [5.74, 6) is -0.380. The van der Waals surface area contributed by atoms with Gasteiger partial charge in [-0.05, 0) is 71.1 Å². The van der Waals surface area contributed by atoms with Gasteiger partial charge in [-0.25, -0.2) is 4.79 Å². The van der Waals surface area contributed by atoms with E-state index in [9.17, 15) is 14.4 Å². The van der Waals surface area contributed by atoms with Crippen molar-refractivity contribution in [2.75, 3.05) is 26.0 Å². The van der Waals surface area contributed by atoms with Crippen molar-refractivity contribution in [2.24, 2.45) is 0 Å². The number of amides is 3. The number of Topliss-reactive ketones (excluding diaryl/α,β-unsaturated/α-hetero) is 1. The minimum Gasteiger partial charge on any atom is -0.331 e. The topological polar surface area (TPSA) is 110 Å². The number of benzene rings is 1. The zero-order valence-electron chi connectivity index (χ0n) is 20.2. The lowest BCUT2D eigenvalue weighted by Gasteiger charge is -2.33. The molecule has 3 amide bonds. The molecule has 3 N–H and O–H groups in total. The molecule has 4 rings (SSSR count). The van der Waals surface area contributed by atoms with E-state index in [1.807, 2.05) is 27.9 Å². The van der Waals surface area contributed by atoms with Gasteiger partial charge in [-0.3, -0.25) is 14.7 Å². The van der Waals surface area contributed by atoms with Crippen LogP contribution in [0.1, 0.15) is 54.0 Å².